The summed E-state index contributed by atoms with van der Waals surface area (Å²) in [5, 5.41) is 11.5. The fourth-order valence-electron chi connectivity index (χ4n) is 3.75. The van der Waals surface area contributed by atoms with E-state index in [0.717, 1.165) is 22.4 Å². The maximum Gasteiger partial charge on any atom is 0.290 e. The first kappa shape index (κ1) is 19.6. The number of hydrogen-bond donors (Lipinski definition) is 1. The minimum atomic E-state index is -0.302. The molecule has 0 saturated carbocycles. The quantitative estimate of drug-likeness (QED) is 0.521. The molecule has 0 aliphatic heterocycles. The highest BCUT2D eigenvalue weighted by molar-refractivity contribution is 5.91. The van der Waals surface area contributed by atoms with Crippen molar-refractivity contribution in [3.63, 3.8) is 0 Å². The molecule has 1 amide bonds. The zero-order chi connectivity index (χ0) is 21.1. The minimum absolute atomic E-state index is 0.115. The summed E-state index contributed by atoms with van der Waals surface area (Å²) in [6, 6.07) is 21.7. The Hall–Kier alpha value is -3.67. The monoisotopic (exact) mass is 400 g/mol. The van der Waals surface area contributed by atoms with Crippen LogP contribution in [0.15, 0.2) is 77.4 Å². The summed E-state index contributed by atoms with van der Waals surface area (Å²) in [6.07, 6.45) is 1.91. The Kier molecular flexibility index (Phi) is 5.48. The molecule has 2 heterocycles. The van der Waals surface area contributed by atoms with Crippen LogP contribution in [-0.4, -0.2) is 20.8 Å². The van der Waals surface area contributed by atoms with E-state index in [1.165, 1.54) is 0 Å². The molecule has 0 aliphatic carbocycles. The van der Waals surface area contributed by atoms with Crippen molar-refractivity contribution in [3.05, 3.63) is 107 Å². The van der Waals surface area contributed by atoms with E-state index in [1.54, 1.807) is 10.7 Å². The van der Waals surface area contributed by atoms with Crippen molar-refractivity contribution in [3.8, 4) is 0 Å². The topological polar surface area (TPSA) is 73.0 Å². The number of aromatic nitrogens is 3. The minimum Gasteiger partial charge on any atom is -0.351 e. The third-order valence-corrected chi connectivity index (χ3v) is 5.18. The van der Waals surface area contributed by atoms with Crippen molar-refractivity contribution < 1.29 is 9.32 Å². The van der Waals surface area contributed by atoms with E-state index < -0.39 is 0 Å². The molecule has 4 aromatic rings. The smallest absolute Gasteiger partial charge is 0.290 e. The molecule has 0 spiro atoms. The first-order valence-electron chi connectivity index (χ1n) is 9.90. The molecule has 6 nitrogen and oxygen atoms in total. The lowest BCUT2D eigenvalue weighted by molar-refractivity contribution is 0.0902. The van der Waals surface area contributed by atoms with Crippen LogP contribution in [0.3, 0.4) is 0 Å². The normalized spacial score (nSPS) is 12.1. The summed E-state index contributed by atoms with van der Waals surface area (Å²) >= 11 is 0. The van der Waals surface area contributed by atoms with Gasteiger partial charge in [0, 0.05) is 24.9 Å². The first-order chi connectivity index (χ1) is 14.5. The number of hydrogen-bond acceptors (Lipinski definition) is 4. The third-order valence-electron chi connectivity index (χ3n) is 5.18. The largest absolute Gasteiger partial charge is 0.351 e. The van der Waals surface area contributed by atoms with Crippen molar-refractivity contribution in [1.82, 2.24) is 20.3 Å². The number of carbonyl (C=O) groups excluding carboxylic acids is 1. The summed E-state index contributed by atoms with van der Waals surface area (Å²) in [5.74, 6) is -0.227. The molecule has 0 saturated heterocycles. The van der Waals surface area contributed by atoms with E-state index in [0.29, 0.717) is 5.69 Å². The molecule has 1 N–H and O–H groups in total. The second-order valence-electron chi connectivity index (χ2n) is 7.41. The zero-order valence-electron chi connectivity index (χ0n) is 17.2. The van der Waals surface area contributed by atoms with Gasteiger partial charge in [-0.15, -0.1) is 0 Å². The predicted octanol–water partition coefficient (Wildman–Crippen LogP) is 4.39. The van der Waals surface area contributed by atoms with E-state index in [4.69, 9.17) is 4.52 Å². The number of nitrogens with one attached hydrogen (secondary N) is 1. The zero-order valence-corrected chi connectivity index (χ0v) is 17.2. The molecule has 30 heavy (non-hydrogen) atoms. The fourth-order valence-corrected chi connectivity index (χ4v) is 3.75. The van der Waals surface area contributed by atoms with E-state index >= 15 is 0 Å². The molecule has 0 fully saturated rings. The molecule has 1 atom stereocenters. The van der Waals surface area contributed by atoms with Crippen molar-refractivity contribution >= 4 is 5.91 Å². The molecule has 0 bridgehead atoms. The lowest BCUT2D eigenvalue weighted by atomic mass is 9.88. The first-order valence-corrected chi connectivity index (χ1v) is 9.90. The molecular formula is C24H24N4O2. The average molecular weight is 400 g/mol. The Morgan fingerprint density at radius 3 is 2.17 bits per heavy atom. The lowest BCUT2D eigenvalue weighted by Gasteiger charge is -2.15. The maximum atomic E-state index is 12.8. The number of carbonyl (C=O) groups is 1. The number of benzene rings is 2. The van der Waals surface area contributed by atoms with Gasteiger partial charge in [-0.25, -0.2) is 0 Å². The molecule has 0 aliphatic rings. The van der Waals surface area contributed by atoms with E-state index in [9.17, 15) is 4.79 Å². The number of nitrogens with zero attached hydrogens (tertiary/aromatic N) is 3. The molecule has 4 rings (SSSR count). The summed E-state index contributed by atoms with van der Waals surface area (Å²) < 4.78 is 7.18. The Balaban J connectivity index is 1.59. The summed E-state index contributed by atoms with van der Waals surface area (Å²) in [7, 11) is 1.86. The molecular weight excluding hydrogens is 376 g/mol. The van der Waals surface area contributed by atoms with Crippen LogP contribution in [-0.2, 0) is 7.05 Å². The van der Waals surface area contributed by atoms with Gasteiger partial charge >= 0.3 is 0 Å². The second kappa shape index (κ2) is 8.37. The molecule has 152 valence electrons. The van der Waals surface area contributed by atoms with Crippen molar-refractivity contribution in [1.29, 1.82) is 0 Å². The van der Waals surface area contributed by atoms with Crippen molar-refractivity contribution in [2.75, 3.05) is 0 Å². The predicted molar refractivity (Wildman–Crippen MR) is 114 cm³/mol. The van der Waals surface area contributed by atoms with Crippen LogP contribution >= 0.6 is 0 Å². The summed E-state index contributed by atoms with van der Waals surface area (Å²) in [5.41, 5.74) is 4.73. The maximum absolute atomic E-state index is 12.8. The fraction of sp³-hybridized carbons (Fsp3) is 0.208. The van der Waals surface area contributed by atoms with E-state index in [2.05, 4.69) is 39.8 Å². The average Bonchev–Trinajstić information content (AvgIpc) is 3.36. The van der Waals surface area contributed by atoms with Crippen molar-refractivity contribution in [2.24, 2.45) is 7.05 Å². The van der Waals surface area contributed by atoms with Gasteiger partial charge in [0.25, 0.3) is 5.91 Å². The summed E-state index contributed by atoms with van der Waals surface area (Å²) in [6.45, 7) is 3.85. The summed E-state index contributed by atoms with van der Waals surface area (Å²) in [4.78, 5) is 12.8. The van der Waals surface area contributed by atoms with Gasteiger partial charge in [0.1, 0.15) is 0 Å². The number of aryl methyl sites for hydroxylation is 2. The van der Waals surface area contributed by atoms with Crippen LogP contribution in [0.5, 0.6) is 0 Å². The van der Waals surface area contributed by atoms with Gasteiger partial charge in [0.05, 0.1) is 23.3 Å². The second-order valence-corrected chi connectivity index (χ2v) is 7.41. The molecule has 2 aromatic heterocycles. The highest BCUT2D eigenvalue weighted by atomic mass is 16.5. The molecule has 2 aromatic carbocycles. The van der Waals surface area contributed by atoms with Gasteiger partial charge in [-0.2, -0.15) is 5.10 Å². The van der Waals surface area contributed by atoms with Gasteiger partial charge in [0.2, 0.25) is 5.76 Å². The van der Waals surface area contributed by atoms with Crippen LogP contribution in [0.4, 0.5) is 0 Å². The van der Waals surface area contributed by atoms with Crippen LogP contribution in [0.25, 0.3) is 0 Å². The van der Waals surface area contributed by atoms with Crippen LogP contribution in [0.2, 0.25) is 0 Å². The Labute approximate surface area is 175 Å². The third kappa shape index (κ3) is 4.03. The van der Waals surface area contributed by atoms with Crippen LogP contribution in [0, 0.1) is 6.92 Å². The van der Waals surface area contributed by atoms with Gasteiger partial charge < -0.3 is 9.84 Å². The van der Waals surface area contributed by atoms with Crippen LogP contribution in [0.1, 0.15) is 57.5 Å². The molecule has 1 unspecified atom stereocenters. The van der Waals surface area contributed by atoms with Crippen LogP contribution < -0.4 is 5.32 Å². The van der Waals surface area contributed by atoms with E-state index in [1.807, 2.05) is 63.5 Å². The molecule has 6 heteroatoms. The molecule has 0 radical (unpaired) electrons. The highest BCUT2D eigenvalue weighted by Crippen LogP contribution is 2.31. The van der Waals surface area contributed by atoms with Gasteiger partial charge in [0.15, 0.2) is 0 Å². The van der Waals surface area contributed by atoms with Crippen molar-refractivity contribution in [2.45, 2.75) is 25.8 Å². The van der Waals surface area contributed by atoms with Gasteiger partial charge in [-0.3, -0.25) is 9.48 Å². The Morgan fingerprint density at radius 2 is 1.63 bits per heavy atom. The number of amides is 1. The van der Waals surface area contributed by atoms with Gasteiger partial charge in [-0.05, 0) is 25.0 Å². The van der Waals surface area contributed by atoms with Gasteiger partial charge in [-0.1, -0.05) is 65.8 Å². The Morgan fingerprint density at radius 1 is 1.03 bits per heavy atom. The Bertz CT molecular complexity index is 1090. The standard InChI is InChI=1S/C24H24N4O2/c1-16(20-15-28(3)26-17(20)2)25-24(29)22-14-21(27-30-22)23(18-10-6-4-7-11-18)19-12-8-5-9-13-19/h4-16,23H,1-3H3,(H,25,29). The van der Waals surface area contributed by atoms with E-state index in [-0.39, 0.29) is 23.6 Å². The highest BCUT2D eigenvalue weighted by Gasteiger charge is 2.24. The lowest BCUT2D eigenvalue weighted by Crippen LogP contribution is -2.26. The SMILES string of the molecule is Cc1nn(C)cc1C(C)NC(=O)c1cc(C(c2ccccc2)c2ccccc2)no1. The number of rotatable bonds is 6.